The van der Waals surface area contributed by atoms with E-state index in [2.05, 4.69) is 15.3 Å². The van der Waals surface area contributed by atoms with E-state index in [1.54, 1.807) is 43.3 Å². The van der Waals surface area contributed by atoms with Crippen molar-refractivity contribution in [3.8, 4) is 5.75 Å². The molecule has 124 valence electrons. The molecule has 0 fully saturated rings. The van der Waals surface area contributed by atoms with Crippen molar-refractivity contribution in [2.75, 3.05) is 5.32 Å². The number of carbonyl (C=O) groups is 1. The number of rotatable bonds is 4. The minimum atomic E-state index is -0.773. The highest BCUT2D eigenvalue weighted by Crippen LogP contribution is 2.28. The summed E-state index contributed by atoms with van der Waals surface area (Å²) in [6.07, 6.45) is -0.773. The van der Waals surface area contributed by atoms with Crippen LogP contribution in [0.3, 0.4) is 0 Å². The van der Waals surface area contributed by atoms with Gasteiger partial charge in [-0.05, 0) is 43.3 Å². The first-order valence-electron chi connectivity index (χ1n) is 7.07. The van der Waals surface area contributed by atoms with E-state index in [4.69, 9.17) is 27.9 Å². The zero-order valence-corrected chi connectivity index (χ0v) is 14.0. The molecule has 1 amide bonds. The van der Waals surface area contributed by atoms with Gasteiger partial charge in [-0.25, -0.2) is 4.79 Å². The first kappa shape index (κ1) is 16.4. The Morgan fingerprint density at radius 1 is 1.12 bits per heavy atom. The molecule has 0 aliphatic carbocycles. The van der Waals surface area contributed by atoms with E-state index in [0.717, 1.165) is 0 Å². The Hall–Kier alpha value is -2.44. The zero-order chi connectivity index (χ0) is 17.3. The Kier molecular flexibility index (Phi) is 4.51. The van der Waals surface area contributed by atoms with E-state index < -0.39 is 6.10 Å². The van der Waals surface area contributed by atoms with Crippen molar-refractivity contribution in [2.45, 2.75) is 13.0 Å². The number of hydrogen-bond donors (Lipinski definition) is 3. The third-order valence-corrected chi connectivity index (χ3v) is 3.88. The van der Waals surface area contributed by atoms with Crippen LogP contribution in [0.4, 0.5) is 5.69 Å². The fraction of sp³-hybridized carbons (Fsp3) is 0.125. The molecule has 0 saturated carbocycles. The standard InChI is InChI=1S/C16H13Cl2N3O3/c1-8(24-14-5-2-9(17)6-11(14)18)15(22)19-10-3-4-12-13(7-10)21-16(23)20-12/h2-8H,1H3,(H,19,22)(H2,20,21,23). The van der Waals surface area contributed by atoms with E-state index in [-0.39, 0.29) is 11.6 Å². The smallest absolute Gasteiger partial charge is 0.323 e. The topological polar surface area (TPSA) is 87.0 Å². The second-order valence-corrected chi connectivity index (χ2v) is 6.01. The van der Waals surface area contributed by atoms with Gasteiger partial charge in [0.25, 0.3) is 5.91 Å². The van der Waals surface area contributed by atoms with Gasteiger partial charge in [0.05, 0.1) is 16.1 Å². The van der Waals surface area contributed by atoms with Gasteiger partial charge in [-0.3, -0.25) is 4.79 Å². The lowest BCUT2D eigenvalue weighted by Gasteiger charge is -2.15. The molecular weight excluding hydrogens is 353 g/mol. The highest BCUT2D eigenvalue weighted by atomic mass is 35.5. The number of amides is 1. The number of H-pyrrole nitrogens is 2. The molecule has 0 saturated heterocycles. The monoisotopic (exact) mass is 365 g/mol. The van der Waals surface area contributed by atoms with Gasteiger partial charge in [0.2, 0.25) is 0 Å². The molecule has 0 aliphatic rings. The van der Waals surface area contributed by atoms with Crippen LogP contribution in [-0.4, -0.2) is 22.0 Å². The maximum atomic E-state index is 12.3. The number of ether oxygens (including phenoxy) is 1. The van der Waals surface area contributed by atoms with Crippen molar-refractivity contribution in [3.05, 3.63) is 56.9 Å². The van der Waals surface area contributed by atoms with Crippen LogP contribution in [-0.2, 0) is 4.79 Å². The normalized spacial score (nSPS) is 12.1. The second-order valence-electron chi connectivity index (χ2n) is 5.16. The highest BCUT2D eigenvalue weighted by molar-refractivity contribution is 6.35. The average Bonchev–Trinajstić information content (AvgIpc) is 2.89. The van der Waals surface area contributed by atoms with Gasteiger partial charge in [-0.1, -0.05) is 23.2 Å². The molecule has 8 heteroatoms. The summed E-state index contributed by atoms with van der Waals surface area (Å²) in [7, 11) is 0. The Morgan fingerprint density at radius 2 is 1.88 bits per heavy atom. The number of aromatic nitrogens is 2. The van der Waals surface area contributed by atoms with Crippen molar-refractivity contribution in [1.82, 2.24) is 9.97 Å². The molecule has 1 heterocycles. The summed E-state index contributed by atoms with van der Waals surface area (Å²) >= 11 is 11.9. The number of imidazole rings is 1. The third-order valence-electron chi connectivity index (χ3n) is 3.35. The number of halogens is 2. The minimum Gasteiger partial charge on any atom is -0.479 e. The first-order chi connectivity index (χ1) is 11.4. The summed E-state index contributed by atoms with van der Waals surface area (Å²) < 4.78 is 5.56. The van der Waals surface area contributed by atoms with Crippen molar-refractivity contribution in [2.24, 2.45) is 0 Å². The minimum absolute atomic E-state index is 0.303. The molecule has 1 unspecified atom stereocenters. The number of benzene rings is 2. The fourth-order valence-corrected chi connectivity index (χ4v) is 2.62. The summed E-state index contributed by atoms with van der Waals surface area (Å²) in [4.78, 5) is 28.8. The van der Waals surface area contributed by atoms with E-state index in [0.29, 0.717) is 32.5 Å². The van der Waals surface area contributed by atoms with E-state index in [1.807, 2.05) is 0 Å². The van der Waals surface area contributed by atoms with Crippen LogP contribution in [0.2, 0.25) is 10.0 Å². The molecule has 3 N–H and O–H groups in total. The Bertz CT molecular complexity index is 965. The molecule has 3 rings (SSSR count). The van der Waals surface area contributed by atoms with E-state index in [1.165, 1.54) is 0 Å². The maximum absolute atomic E-state index is 12.3. The average molecular weight is 366 g/mol. The molecule has 0 spiro atoms. The van der Waals surface area contributed by atoms with Crippen LogP contribution in [0.1, 0.15) is 6.92 Å². The lowest BCUT2D eigenvalue weighted by molar-refractivity contribution is -0.122. The van der Waals surface area contributed by atoms with Gasteiger partial charge in [-0.15, -0.1) is 0 Å². The molecule has 0 aliphatic heterocycles. The van der Waals surface area contributed by atoms with Crippen molar-refractivity contribution < 1.29 is 9.53 Å². The highest BCUT2D eigenvalue weighted by Gasteiger charge is 2.17. The number of carbonyl (C=O) groups excluding carboxylic acids is 1. The molecule has 1 aromatic heterocycles. The molecule has 0 bridgehead atoms. The van der Waals surface area contributed by atoms with Gasteiger partial charge in [0, 0.05) is 10.7 Å². The van der Waals surface area contributed by atoms with Crippen LogP contribution in [0.15, 0.2) is 41.2 Å². The molecule has 1 atom stereocenters. The Labute approximate surface area is 146 Å². The van der Waals surface area contributed by atoms with Gasteiger partial charge >= 0.3 is 5.69 Å². The number of nitrogens with one attached hydrogen (secondary N) is 3. The largest absolute Gasteiger partial charge is 0.479 e. The van der Waals surface area contributed by atoms with Crippen molar-refractivity contribution in [3.63, 3.8) is 0 Å². The predicted octanol–water partition coefficient (Wildman–Crippen LogP) is 3.57. The summed E-state index contributed by atoms with van der Waals surface area (Å²) in [5.74, 6) is 0.0207. The number of anilines is 1. The summed E-state index contributed by atoms with van der Waals surface area (Å²) in [5.41, 5.74) is 1.50. The predicted molar refractivity (Wildman–Crippen MR) is 94.1 cm³/mol. The summed E-state index contributed by atoms with van der Waals surface area (Å²) in [6, 6.07) is 9.82. The molecule has 0 radical (unpaired) electrons. The van der Waals surface area contributed by atoms with Gasteiger partial charge in [-0.2, -0.15) is 0 Å². The van der Waals surface area contributed by atoms with Gasteiger partial charge < -0.3 is 20.0 Å². The Morgan fingerprint density at radius 3 is 2.62 bits per heavy atom. The van der Waals surface area contributed by atoms with Crippen LogP contribution in [0.25, 0.3) is 11.0 Å². The van der Waals surface area contributed by atoms with E-state index in [9.17, 15) is 9.59 Å². The molecule has 2 aromatic carbocycles. The molecule has 6 nitrogen and oxygen atoms in total. The lowest BCUT2D eigenvalue weighted by atomic mass is 10.2. The SMILES string of the molecule is CC(Oc1ccc(Cl)cc1Cl)C(=O)Nc1ccc2[nH]c(=O)[nH]c2c1. The maximum Gasteiger partial charge on any atom is 0.323 e. The van der Waals surface area contributed by atoms with Crippen LogP contribution in [0.5, 0.6) is 5.75 Å². The summed E-state index contributed by atoms with van der Waals surface area (Å²) in [6.45, 7) is 1.61. The van der Waals surface area contributed by atoms with Crippen molar-refractivity contribution in [1.29, 1.82) is 0 Å². The first-order valence-corrected chi connectivity index (χ1v) is 7.82. The van der Waals surface area contributed by atoms with Crippen LogP contribution >= 0.6 is 23.2 Å². The Balaban J connectivity index is 1.71. The zero-order valence-electron chi connectivity index (χ0n) is 12.5. The second kappa shape index (κ2) is 6.59. The summed E-state index contributed by atoms with van der Waals surface area (Å²) in [5, 5.41) is 3.54. The molecule has 24 heavy (non-hydrogen) atoms. The molecule has 3 aromatic rings. The number of hydrogen-bond acceptors (Lipinski definition) is 3. The fourth-order valence-electron chi connectivity index (χ4n) is 2.17. The van der Waals surface area contributed by atoms with Crippen LogP contribution in [0, 0.1) is 0 Å². The third kappa shape index (κ3) is 3.55. The van der Waals surface area contributed by atoms with E-state index >= 15 is 0 Å². The van der Waals surface area contributed by atoms with Gasteiger partial charge in [0.15, 0.2) is 6.10 Å². The van der Waals surface area contributed by atoms with Gasteiger partial charge in [0.1, 0.15) is 5.75 Å². The van der Waals surface area contributed by atoms with Crippen LogP contribution < -0.4 is 15.7 Å². The quantitative estimate of drug-likeness (QED) is 0.660. The number of fused-ring (bicyclic) bond motifs is 1. The lowest BCUT2D eigenvalue weighted by Crippen LogP contribution is -2.30. The van der Waals surface area contributed by atoms with Crippen molar-refractivity contribution >= 4 is 45.8 Å². The molecular formula is C16H13Cl2N3O3. The number of aromatic amines is 2.